The number of benzene rings is 4. The van der Waals surface area contributed by atoms with Gasteiger partial charge in [0, 0.05) is 0 Å². The van der Waals surface area contributed by atoms with E-state index in [0.717, 1.165) is 11.1 Å². The molecule has 0 N–H and O–H groups in total. The molecular weight excluding hydrogens is 310 g/mol. The van der Waals surface area contributed by atoms with Crippen molar-refractivity contribution in [1.82, 2.24) is 0 Å². The first-order valence-electron chi connectivity index (χ1n) is 8.61. The SMILES string of the molecule is [B]c1cc([B])cc(-c2cc(-c3ccccc3)cc(-c3ccccc3)c2)c1. The molecule has 4 aromatic carbocycles. The monoisotopic (exact) mass is 326 g/mol. The normalized spacial score (nSPS) is 10.6. The Bertz CT molecular complexity index is 960. The molecule has 0 saturated heterocycles. The summed E-state index contributed by atoms with van der Waals surface area (Å²) in [6, 6.07) is 33.1. The van der Waals surface area contributed by atoms with Gasteiger partial charge in [-0.15, -0.1) is 0 Å². The molecule has 0 aliphatic carbocycles. The molecule has 0 heterocycles. The van der Waals surface area contributed by atoms with Crippen LogP contribution in [-0.2, 0) is 0 Å². The molecule has 0 bridgehead atoms. The Morgan fingerprint density at radius 1 is 0.346 bits per heavy atom. The first-order valence-corrected chi connectivity index (χ1v) is 8.61. The molecule has 26 heavy (non-hydrogen) atoms. The van der Waals surface area contributed by atoms with Gasteiger partial charge in [0.2, 0.25) is 0 Å². The molecule has 0 unspecified atom stereocenters. The Hall–Kier alpha value is -2.99. The van der Waals surface area contributed by atoms with Gasteiger partial charge >= 0.3 is 0 Å². The number of rotatable bonds is 3. The van der Waals surface area contributed by atoms with Crippen LogP contribution in [0.4, 0.5) is 0 Å². The van der Waals surface area contributed by atoms with Gasteiger partial charge in [-0.3, -0.25) is 0 Å². The van der Waals surface area contributed by atoms with Crippen LogP contribution in [0.5, 0.6) is 0 Å². The molecule has 0 nitrogen and oxygen atoms in total. The highest BCUT2D eigenvalue weighted by molar-refractivity contribution is 6.38. The van der Waals surface area contributed by atoms with Crippen molar-refractivity contribution in [3.8, 4) is 33.4 Å². The van der Waals surface area contributed by atoms with E-state index in [4.69, 9.17) is 15.7 Å². The summed E-state index contributed by atoms with van der Waals surface area (Å²) in [5.41, 5.74) is 8.18. The fraction of sp³-hybridized carbons (Fsp3) is 0. The van der Waals surface area contributed by atoms with Crippen molar-refractivity contribution in [1.29, 1.82) is 0 Å². The molecule has 0 aliphatic rings. The second kappa shape index (κ2) is 7.09. The zero-order chi connectivity index (χ0) is 17.9. The summed E-state index contributed by atoms with van der Waals surface area (Å²) in [5, 5.41) is 0. The van der Waals surface area contributed by atoms with Crippen LogP contribution in [0, 0.1) is 0 Å². The maximum absolute atomic E-state index is 6.02. The Labute approximate surface area is 157 Å². The van der Waals surface area contributed by atoms with E-state index in [1.54, 1.807) is 6.07 Å². The highest BCUT2D eigenvalue weighted by Crippen LogP contribution is 2.32. The Morgan fingerprint density at radius 2 is 0.692 bits per heavy atom. The minimum atomic E-state index is 0.673. The lowest BCUT2D eigenvalue weighted by Gasteiger charge is -2.12. The summed E-state index contributed by atoms with van der Waals surface area (Å²) < 4.78 is 0. The molecule has 0 aromatic heterocycles. The first-order chi connectivity index (χ1) is 12.7. The lowest BCUT2D eigenvalue weighted by Crippen LogP contribution is -2.13. The average molecular weight is 326 g/mol. The highest BCUT2D eigenvalue weighted by Gasteiger charge is 2.07. The van der Waals surface area contributed by atoms with E-state index in [9.17, 15) is 0 Å². The van der Waals surface area contributed by atoms with Crippen molar-refractivity contribution in [2.24, 2.45) is 0 Å². The average Bonchev–Trinajstić information content (AvgIpc) is 2.68. The summed E-state index contributed by atoms with van der Waals surface area (Å²) in [4.78, 5) is 0. The summed E-state index contributed by atoms with van der Waals surface area (Å²) >= 11 is 0. The summed E-state index contributed by atoms with van der Waals surface area (Å²) in [6.07, 6.45) is 0. The van der Waals surface area contributed by atoms with E-state index >= 15 is 0 Å². The van der Waals surface area contributed by atoms with E-state index in [1.807, 2.05) is 24.3 Å². The minimum absolute atomic E-state index is 0.673. The molecule has 4 aromatic rings. The van der Waals surface area contributed by atoms with Crippen LogP contribution in [0.2, 0.25) is 0 Å². The van der Waals surface area contributed by atoms with Crippen LogP contribution in [-0.4, -0.2) is 15.7 Å². The van der Waals surface area contributed by atoms with Gasteiger partial charge < -0.3 is 0 Å². The molecule has 118 valence electrons. The molecule has 0 spiro atoms. The van der Waals surface area contributed by atoms with Gasteiger partial charge in [-0.05, 0) is 51.6 Å². The second-order valence-corrected chi connectivity index (χ2v) is 6.42. The van der Waals surface area contributed by atoms with Gasteiger partial charge in [0.1, 0.15) is 15.7 Å². The molecule has 4 rings (SSSR count). The second-order valence-electron chi connectivity index (χ2n) is 6.42. The van der Waals surface area contributed by atoms with Crippen LogP contribution < -0.4 is 10.9 Å². The molecular formula is C24H16B2. The van der Waals surface area contributed by atoms with Crippen LogP contribution >= 0.6 is 0 Å². The predicted octanol–water partition coefficient (Wildman–Crippen LogP) is 4.28. The fourth-order valence-electron chi connectivity index (χ4n) is 3.23. The third kappa shape index (κ3) is 3.50. The molecule has 0 atom stereocenters. The van der Waals surface area contributed by atoms with Crippen molar-refractivity contribution in [3.05, 3.63) is 97.1 Å². The van der Waals surface area contributed by atoms with Gasteiger partial charge in [-0.1, -0.05) is 89.8 Å². The number of hydrogen-bond acceptors (Lipinski definition) is 0. The lowest BCUT2D eigenvalue weighted by atomic mass is 9.83. The van der Waals surface area contributed by atoms with Crippen molar-refractivity contribution in [2.45, 2.75) is 0 Å². The Kier molecular flexibility index (Phi) is 4.49. The van der Waals surface area contributed by atoms with Crippen LogP contribution in [0.3, 0.4) is 0 Å². The summed E-state index contributed by atoms with van der Waals surface area (Å²) in [5.74, 6) is 0. The summed E-state index contributed by atoms with van der Waals surface area (Å²) in [7, 11) is 12.0. The smallest absolute Gasteiger partial charge is 0.0966 e. The largest absolute Gasteiger partial charge is 0.113 e. The molecule has 0 aliphatic heterocycles. The van der Waals surface area contributed by atoms with E-state index in [2.05, 4.69) is 66.7 Å². The Morgan fingerprint density at radius 3 is 1.12 bits per heavy atom. The van der Waals surface area contributed by atoms with Crippen molar-refractivity contribution in [3.63, 3.8) is 0 Å². The maximum Gasteiger partial charge on any atom is 0.113 e. The molecule has 0 amide bonds. The zero-order valence-corrected chi connectivity index (χ0v) is 14.4. The van der Waals surface area contributed by atoms with Gasteiger partial charge in [0.05, 0.1) is 0 Å². The third-order valence-electron chi connectivity index (χ3n) is 4.46. The topological polar surface area (TPSA) is 0 Å². The Balaban J connectivity index is 1.93. The quantitative estimate of drug-likeness (QED) is 0.493. The molecule has 0 saturated carbocycles. The highest BCUT2D eigenvalue weighted by atomic mass is 14.1. The fourth-order valence-corrected chi connectivity index (χ4v) is 3.23. The van der Waals surface area contributed by atoms with Crippen molar-refractivity contribution >= 4 is 26.6 Å². The molecule has 0 fully saturated rings. The van der Waals surface area contributed by atoms with Crippen LogP contribution in [0.1, 0.15) is 0 Å². The third-order valence-corrected chi connectivity index (χ3v) is 4.46. The van der Waals surface area contributed by atoms with Crippen molar-refractivity contribution < 1.29 is 0 Å². The van der Waals surface area contributed by atoms with Crippen LogP contribution in [0.25, 0.3) is 33.4 Å². The maximum atomic E-state index is 6.02. The lowest BCUT2D eigenvalue weighted by molar-refractivity contribution is 1.57. The van der Waals surface area contributed by atoms with Crippen molar-refractivity contribution in [2.75, 3.05) is 0 Å². The first kappa shape index (κ1) is 16.5. The van der Waals surface area contributed by atoms with E-state index in [1.165, 1.54) is 22.3 Å². The minimum Gasteiger partial charge on any atom is -0.0966 e. The van der Waals surface area contributed by atoms with E-state index < -0.39 is 0 Å². The summed E-state index contributed by atoms with van der Waals surface area (Å²) in [6.45, 7) is 0. The number of hydrogen-bond donors (Lipinski definition) is 0. The van der Waals surface area contributed by atoms with Gasteiger partial charge in [-0.2, -0.15) is 0 Å². The van der Waals surface area contributed by atoms with Crippen LogP contribution in [0.15, 0.2) is 97.1 Å². The van der Waals surface area contributed by atoms with Gasteiger partial charge in [-0.25, -0.2) is 0 Å². The van der Waals surface area contributed by atoms with E-state index in [0.29, 0.717) is 10.9 Å². The predicted molar refractivity (Wildman–Crippen MR) is 114 cm³/mol. The standard InChI is InChI=1S/C24H16B2/c25-23-14-22(15-24(26)16-23)21-12-19(17-7-3-1-4-8-17)11-20(13-21)18-9-5-2-6-10-18/h1-16H. The molecule has 4 radical (unpaired) electrons. The zero-order valence-electron chi connectivity index (χ0n) is 14.4. The van der Waals surface area contributed by atoms with Gasteiger partial charge in [0.15, 0.2) is 0 Å². The van der Waals surface area contributed by atoms with E-state index in [-0.39, 0.29) is 0 Å². The van der Waals surface area contributed by atoms with Gasteiger partial charge in [0.25, 0.3) is 0 Å². The molecule has 2 heteroatoms.